The topological polar surface area (TPSA) is 71.7 Å². The molecule has 29 heavy (non-hydrogen) atoms. The number of unbranched alkanes of at least 4 members (excludes halogenated alkanes) is 1. The lowest BCUT2D eigenvalue weighted by molar-refractivity contribution is 0.253. The molecule has 1 aromatic heterocycles. The smallest absolute Gasteiger partial charge is 0.332 e. The second-order valence-corrected chi connectivity index (χ2v) is 7.43. The van der Waals surface area contributed by atoms with Crippen molar-refractivity contribution in [3.63, 3.8) is 0 Å². The summed E-state index contributed by atoms with van der Waals surface area (Å²) in [5.74, 6) is 1.47. The SMILES string of the molecule is COc1cccc(N2CCN(CCCCNc3cc(=O)n(C)c(=O)n3C)CC2)c1. The summed E-state index contributed by atoms with van der Waals surface area (Å²) in [7, 11) is 4.86. The van der Waals surface area contributed by atoms with Crippen LogP contribution < -0.4 is 26.2 Å². The maximum Gasteiger partial charge on any atom is 0.332 e. The Morgan fingerprint density at radius 3 is 2.48 bits per heavy atom. The van der Waals surface area contributed by atoms with Gasteiger partial charge in [0.05, 0.1) is 7.11 Å². The number of hydrogen-bond acceptors (Lipinski definition) is 6. The first-order valence-corrected chi connectivity index (χ1v) is 10.1. The highest BCUT2D eigenvalue weighted by Gasteiger charge is 2.17. The molecule has 3 rings (SSSR count). The van der Waals surface area contributed by atoms with Crippen LogP contribution >= 0.6 is 0 Å². The lowest BCUT2D eigenvalue weighted by Crippen LogP contribution is -2.46. The molecule has 1 aliphatic rings. The van der Waals surface area contributed by atoms with E-state index in [1.165, 1.54) is 23.4 Å². The minimum absolute atomic E-state index is 0.287. The van der Waals surface area contributed by atoms with Crippen LogP contribution in [0.15, 0.2) is 39.9 Å². The van der Waals surface area contributed by atoms with Gasteiger partial charge in [-0.1, -0.05) is 6.07 Å². The molecule has 158 valence electrons. The molecule has 0 saturated carbocycles. The van der Waals surface area contributed by atoms with Crippen LogP contribution in [-0.2, 0) is 14.1 Å². The van der Waals surface area contributed by atoms with Gasteiger partial charge in [-0.25, -0.2) is 4.79 Å². The maximum absolute atomic E-state index is 11.9. The largest absolute Gasteiger partial charge is 0.497 e. The first-order chi connectivity index (χ1) is 14.0. The van der Waals surface area contributed by atoms with E-state index < -0.39 is 0 Å². The molecule has 0 radical (unpaired) electrons. The summed E-state index contributed by atoms with van der Waals surface area (Å²) in [5, 5.41) is 3.21. The number of methoxy groups -OCH3 is 1. The summed E-state index contributed by atoms with van der Waals surface area (Å²) in [6.07, 6.45) is 2.06. The number of piperazine rings is 1. The van der Waals surface area contributed by atoms with Crippen LogP contribution in [0.3, 0.4) is 0 Å². The standard InChI is InChI=1S/C21H31N5O3/c1-23-19(16-20(27)24(2)21(23)28)22-9-4-5-10-25-11-13-26(14-12-25)17-7-6-8-18(15-17)29-3/h6-8,15-16,22H,4-5,9-14H2,1-3H3. The van der Waals surface area contributed by atoms with Gasteiger partial charge < -0.3 is 15.0 Å². The van der Waals surface area contributed by atoms with E-state index in [9.17, 15) is 9.59 Å². The van der Waals surface area contributed by atoms with Crippen molar-refractivity contribution >= 4 is 11.5 Å². The first-order valence-electron chi connectivity index (χ1n) is 10.1. The number of anilines is 2. The predicted octanol–water partition coefficient (Wildman–Crippen LogP) is 1.11. The minimum Gasteiger partial charge on any atom is -0.497 e. The van der Waals surface area contributed by atoms with Crippen molar-refractivity contribution in [2.24, 2.45) is 14.1 Å². The minimum atomic E-state index is -0.311. The van der Waals surface area contributed by atoms with Gasteiger partial charge in [-0.3, -0.25) is 18.8 Å². The molecule has 1 fully saturated rings. The molecule has 2 aromatic rings. The Hall–Kier alpha value is -2.74. The van der Waals surface area contributed by atoms with E-state index in [0.717, 1.165) is 62.4 Å². The van der Waals surface area contributed by atoms with E-state index >= 15 is 0 Å². The average Bonchev–Trinajstić information content (AvgIpc) is 2.76. The zero-order chi connectivity index (χ0) is 20.8. The number of nitrogens with zero attached hydrogens (tertiary/aromatic N) is 4. The van der Waals surface area contributed by atoms with Crippen LogP contribution in [0.5, 0.6) is 5.75 Å². The molecule has 0 atom stereocenters. The van der Waals surface area contributed by atoms with Crippen molar-refractivity contribution in [1.29, 1.82) is 0 Å². The van der Waals surface area contributed by atoms with Crippen molar-refractivity contribution in [3.05, 3.63) is 51.2 Å². The molecule has 0 unspecified atom stereocenters. The average molecular weight is 402 g/mol. The van der Waals surface area contributed by atoms with Gasteiger partial charge in [0.25, 0.3) is 5.56 Å². The number of aromatic nitrogens is 2. The zero-order valence-corrected chi connectivity index (χ0v) is 17.6. The lowest BCUT2D eigenvalue weighted by Gasteiger charge is -2.36. The molecule has 1 aromatic carbocycles. The fourth-order valence-electron chi connectivity index (χ4n) is 3.62. The predicted molar refractivity (Wildman–Crippen MR) is 116 cm³/mol. The third-order valence-corrected chi connectivity index (χ3v) is 5.52. The summed E-state index contributed by atoms with van der Waals surface area (Å²) in [5.41, 5.74) is 0.617. The summed E-state index contributed by atoms with van der Waals surface area (Å²) >= 11 is 0. The summed E-state index contributed by atoms with van der Waals surface area (Å²) in [6.45, 7) is 5.93. The van der Waals surface area contributed by atoms with Crippen molar-refractivity contribution < 1.29 is 4.74 Å². The number of benzene rings is 1. The molecule has 1 aliphatic heterocycles. The van der Waals surface area contributed by atoms with Gasteiger partial charge in [-0.15, -0.1) is 0 Å². The van der Waals surface area contributed by atoms with E-state index in [1.807, 2.05) is 12.1 Å². The number of rotatable bonds is 8. The Morgan fingerprint density at radius 1 is 1.00 bits per heavy atom. The van der Waals surface area contributed by atoms with E-state index in [4.69, 9.17) is 4.74 Å². The molecule has 0 amide bonds. The molecule has 0 bridgehead atoms. The van der Waals surface area contributed by atoms with Crippen LogP contribution in [0.4, 0.5) is 11.5 Å². The van der Waals surface area contributed by atoms with Gasteiger partial charge in [-0.05, 0) is 31.5 Å². The van der Waals surface area contributed by atoms with E-state index in [1.54, 1.807) is 14.2 Å². The highest BCUT2D eigenvalue weighted by atomic mass is 16.5. The molecular weight excluding hydrogens is 370 g/mol. The molecule has 2 heterocycles. The second kappa shape index (κ2) is 9.65. The summed E-state index contributed by atoms with van der Waals surface area (Å²) in [6, 6.07) is 9.70. The Morgan fingerprint density at radius 2 is 1.76 bits per heavy atom. The number of ether oxygens (including phenoxy) is 1. The van der Waals surface area contributed by atoms with Crippen LogP contribution in [0.1, 0.15) is 12.8 Å². The summed E-state index contributed by atoms with van der Waals surface area (Å²) in [4.78, 5) is 28.6. The zero-order valence-electron chi connectivity index (χ0n) is 17.6. The number of hydrogen-bond donors (Lipinski definition) is 1. The van der Waals surface area contributed by atoms with Crippen molar-refractivity contribution in [3.8, 4) is 5.75 Å². The van der Waals surface area contributed by atoms with Crippen molar-refractivity contribution in [1.82, 2.24) is 14.0 Å². The molecule has 1 saturated heterocycles. The van der Waals surface area contributed by atoms with Crippen molar-refractivity contribution in [2.75, 3.05) is 56.6 Å². The van der Waals surface area contributed by atoms with Gasteiger partial charge in [0, 0.05) is 64.6 Å². The fourth-order valence-corrected chi connectivity index (χ4v) is 3.62. The van der Waals surface area contributed by atoms with Gasteiger partial charge >= 0.3 is 5.69 Å². The molecule has 8 heteroatoms. The van der Waals surface area contributed by atoms with Gasteiger partial charge in [-0.2, -0.15) is 0 Å². The Bertz CT molecular complexity index is 929. The lowest BCUT2D eigenvalue weighted by atomic mass is 10.2. The normalized spacial score (nSPS) is 14.8. The monoisotopic (exact) mass is 401 g/mol. The summed E-state index contributed by atoms with van der Waals surface area (Å²) < 4.78 is 7.90. The van der Waals surface area contributed by atoms with Crippen LogP contribution in [0.25, 0.3) is 0 Å². The van der Waals surface area contributed by atoms with E-state index in [2.05, 4.69) is 27.2 Å². The molecular formula is C21H31N5O3. The van der Waals surface area contributed by atoms with Crippen LogP contribution in [0.2, 0.25) is 0 Å². The third-order valence-electron chi connectivity index (χ3n) is 5.52. The molecule has 8 nitrogen and oxygen atoms in total. The van der Waals surface area contributed by atoms with E-state index in [-0.39, 0.29) is 11.2 Å². The van der Waals surface area contributed by atoms with Gasteiger partial charge in [0.1, 0.15) is 11.6 Å². The van der Waals surface area contributed by atoms with Crippen LogP contribution in [-0.4, -0.2) is 60.4 Å². The third kappa shape index (κ3) is 5.20. The van der Waals surface area contributed by atoms with E-state index in [0.29, 0.717) is 5.82 Å². The highest BCUT2D eigenvalue weighted by Crippen LogP contribution is 2.22. The highest BCUT2D eigenvalue weighted by molar-refractivity contribution is 5.51. The molecule has 0 aliphatic carbocycles. The quantitative estimate of drug-likeness (QED) is 0.668. The fraction of sp³-hybridized carbons (Fsp3) is 0.524. The van der Waals surface area contributed by atoms with Gasteiger partial charge in [0.15, 0.2) is 0 Å². The molecule has 1 N–H and O–H groups in total. The number of nitrogens with one attached hydrogen (secondary N) is 1. The Balaban J connectivity index is 1.38. The Labute approximate surface area is 171 Å². The second-order valence-electron chi connectivity index (χ2n) is 7.43. The Kier molecular flexibility index (Phi) is 6.98. The maximum atomic E-state index is 11.9. The van der Waals surface area contributed by atoms with Crippen molar-refractivity contribution in [2.45, 2.75) is 12.8 Å². The first kappa shape index (κ1) is 21.0. The van der Waals surface area contributed by atoms with Gasteiger partial charge in [0.2, 0.25) is 0 Å². The molecule has 0 spiro atoms. The van der Waals surface area contributed by atoms with Crippen LogP contribution in [0, 0.1) is 0 Å².